The highest BCUT2D eigenvalue weighted by molar-refractivity contribution is 7.98. The van der Waals surface area contributed by atoms with Gasteiger partial charge in [-0.25, -0.2) is 0 Å². The number of nitrogens with zero attached hydrogens (tertiary/aromatic N) is 2. The largest absolute Gasteiger partial charge is 0.352 e. The minimum atomic E-state index is -0.0340. The summed E-state index contributed by atoms with van der Waals surface area (Å²) in [5, 5.41) is 6.70. The molecule has 21 heavy (non-hydrogen) atoms. The molecule has 1 N–H and O–H groups in total. The summed E-state index contributed by atoms with van der Waals surface area (Å²) in [7, 11) is 0. The van der Waals surface area contributed by atoms with Crippen LogP contribution in [0.3, 0.4) is 0 Å². The fourth-order valence-corrected chi connectivity index (χ4v) is 2.68. The van der Waals surface area contributed by atoms with Crippen molar-refractivity contribution in [2.45, 2.75) is 37.3 Å². The third-order valence-electron chi connectivity index (χ3n) is 2.87. The first-order valence-electron chi connectivity index (χ1n) is 7.00. The Bertz CT molecular complexity index is 598. The maximum atomic E-state index is 12.2. The van der Waals surface area contributed by atoms with E-state index in [1.165, 1.54) is 11.8 Å². The topological polar surface area (TPSA) is 68.0 Å². The number of carbonyl (C=O) groups is 1. The van der Waals surface area contributed by atoms with Crippen LogP contribution in [0.5, 0.6) is 0 Å². The normalized spacial score (nSPS) is 10.6. The molecule has 0 aliphatic rings. The standard InChI is InChI=1S/C15H19N3O2S/c1-3-4-9-16-15(19)12-7-5-6-8-13(12)21-10-14-17-11(2)18-20-14/h5-8H,3-4,9-10H2,1-2H3,(H,16,19). The number of rotatable bonds is 7. The van der Waals surface area contributed by atoms with Gasteiger partial charge in [0.2, 0.25) is 5.89 Å². The van der Waals surface area contributed by atoms with Crippen LogP contribution in [0.15, 0.2) is 33.7 Å². The third-order valence-corrected chi connectivity index (χ3v) is 3.93. The lowest BCUT2D eigenvalue weighted by Crippen LogP contribution is -2.24. The molecule has 0 saturated carbocycles. The highest BCUT2D eigenvalue weighted by atomic mass is 32.2. The molecule has 0 saturated heterocycles. The monoisotopic (exact) mass is 305 g/mol. The van der Waals surface area contributed by atoms with E-state index in [2.05, 4.69) is 22.4 Å². The predicted molar refractivity (Wildman–Crippen MR) is 82.3 cm³/mol. The second-order valence-electron chi connectivity index (χ2n) is 4.63. The van der Waals surface area contributed by atoms with Gasteiger partial charge in [0, 0.05) is 11.4 Å². The van der Waals surface area contributed by atoms with E-state index in [1.807, 2.05) is 24.3 Å². The van der Waals surface area contributed by atoms with Crippen LogP contribution in [-0.2, 0) is 5.75 Å². The Hall–Kier alpha value is -1.82. The molecule has 0 aliphatic carbocycles. The average Bonchev–Trinajstić information content (AvgIpc) is 2.91. The van der Waals surface area contributed by atoms with Crippen molar-refractivity contribution < 1.29 is 9.32 Å². The first kappa shape index (κ1) is 15.6. The molecule has 1 aromatic heterocycles. The van der Waals surface area contributed by atoms with Crippen molar-refractivity contribution >= 4 is 17.7 Å². The van der Waals surface area contributed by atoms with Gasteiger partial charge in [-0.1, -0.05) is 30.6 Å². The minimum absolute atomic E-state index is 0.0340. The van der Waals surface area contributed by atoms with Gasteiger partial charge in [0.1, 0.15) is 0 Å². The molecule has 1 heterocycles. The Balaban J connectivity index is 2.00. The van der Waals surface area contributed by atoms with Crippen molar-refractivity contribution in [1.29, 1.82) is 0 Å². The summed E-state index contributed by atoms with van der Waals surface area (Å²) >= 11 is 1.52. The maximum absolute atomic E-state index is 12.2. The van der Waals surface area contributed by atoms with Crippen molar-refractivity contribution in [3.8, 4) is 0 Å². The Morgan fingerprint density at radius 3 is 2.90 bits per heavy atom. The Kier molecular flexibility index (Phi) is 5.80. The van der Waals surface area contributed by atoms with E-state index in [4.69, 9.17) is 4.52 Å². The SMILES string of the molecule is CCCCNC(=O)c1ccccc1SCc1nc(C)no1. The molecule has 0 atom stereocenters. The molecule has 0 spiro atoms. The van der Waals surface area contributed by atoms with Gasteiger partial charge in [-0.05, 0) is 25.5 Å². The van der Waals surface area contributed by atoms with E-state index in [1.54, 1.807) is 6.92 Å². The molecule has 6 heteroatoms. The Morgan fingerprint density at radius 1 is 1.38 bits per heavy atom. The number of thioether (sulfide) groups is 1. The first-order chi connectivity index (χ1) is 10.2. The van der Waals surface area contributed by atoms with E-state index in [0.717, 1.165) is 17.7 Å². The highest BCUT2D eigenvalue weighted by Gasteiger charge is 2.12. The number of aromatic nitrogens is 2. The number of amides is 1. The van der Waals surface area contributed by atoms with E-state index in [9.17, 15) is 4.79 Å². The third kappa shape index (κ3) is 4.60. The minimum Gasteiger partial charge on any atom is -0.352 e. The number of carbonyl (C=O) groups excluding carboxylic acids is 1. The van der Waals surface area contributed by atoms with Crippen molar-refractivity contribution in [3.05, 3.63) is 41.5 Å². The predicted octanol–water partition coefficient (Wildman–Crippen LogP) is 3.20. The van der Waals surface area contributed by atoms with Gasteiger partial charge in [-0.3, -0.25) is 4.79 Å². The summed E-state index contributed by atoms with van der Waals surface area (Å²) in [4.78, 5) is 17.3. The van der Waals surface area contributed by atoms with Crippen LogP contribution >= 0.6 is 11.8 Å². The van der Waals surface area contributed by atoms with Crippen LogP contribution in [0.2, 0.25) is 0 Å². The van der Waals surface area contributed by atoms with E-state index in [-0.39, 0.29) is 5.91 Å². The number of hydrogen-bond acceptors (Lipinski definition) is 5. The van der Waals surface area contributed by atoms with Gasteiger partial charge in [0.05, 0.1) is 11.3 Å². The zero-order valence-corrected chi connectivity index (χ0v) is 13.1. The maximum Gasteiger partial charge on any atom is 0.252 e. The quantitative estimate of drug-likeness (QED) is 0.628. The van der Waals surface area contributed by atoms with Crippen LogP contribution in [0.25, 0.3) is 0 Å². The molecule has 0 bridgehead atoms. The highest BCUT2D eigenvalue weighted by Crippen LogP contribution is 2.25. The van der Waals surface area contributed by atoms with Gasteiger partial charge in [-0.2, -0.15) is 4.98 Å². The summed E-state index contributed by atoms with van der Waals surface area (Å²) in [6.07, 6.45) is 2.05. The molecule has 0 unspecified atom stereocenters. The molecule has 5 nitrogen and oxygen atoms in total. The first-order valence-corrected chi connectivity index (χ1v) is 7.98. The molecular formula is C15H19N3O2S. The smallest absolute Gasteiger partial charge is 0.252 e. The lowest BCUT2D eigenvalue weighted by molar-refractivity contribution is 0.0950. The molecule has 1 amide bonds. The summed E-state index contributed by atoms with van der Waals surface area (Å²) in [6, 6.07) is 7.56. The molecular weight excluding hydrogens is 286 g/mol. The van der Waals surface area contributed by atoms with Crippen molar-refractivity contribution in [1.82, 2.24) is 15.5 Å². The van der Waals surface area contributed by atoms with Crippen LogP contribution in [0.1, 0.15) is 41.8 Å². The van der Waals surface area contributed by atoms with Gasteiger partial charge in [0.25, 0.3) is 5.91 Å². The van der Waals surface area contributed by atoms with Crippen LogP contribution in [0.4, 0.5) is 0 Å². The molecule has 2 rings (SSSR count). The van der Waals surface area contributed by atoms with Gasteiger partial charge < -0.3 is 9.84 Å². The number of nitrogens with one attached hydrogen (secondary N) is 1. The number of benzene rings is 1. The molecule has 2 aromatic rings. The van der Waals surface area contributed by atoms with E-state index >= 15 is 0 Å². The lowest BCUT2D eigenvalue weighted by Gasteiger charge is -2.08. The molecule has 0 radical (unpaired) electrons. The van der Waals surface area contributed by atoms with Gasteiger partial charge in [0.15, 0.2) is 5.82 Å². The second-order valence-corrected chi connectivity index (χ2v) is 5.65. The van der Waals surface area contributed by atoms with Crippen LogP contribution in [-0.4, -0.2) is 22.6 Å². The number of unbranched alkanes of at least 4 members (excludes halogenated alkanes) is 1. The van der Waals surface area contributed by atoms with Crippen molar-refractivity contribution in [2.75, 3.05) is 6.54 Å². The molecule has 0 aliphatic heterocycles. The fraction of sp³-hybridized carbons (Fsp3) is 0.400. The fourth-order valence-electron chi connectivity index (χ4n) is 1.79. The van der Waals surface area contributed by atoms with Gasteiger partial charge in [-0.15, -0.1) is 11.8 Å². The zero-order chi connectivity index (χ0) is 15.1. The Morgan fingerprint density at radius 2 is 2.19 bits per heavy atom. The summed E-state index contributed by atoms with van der Waals surface area (Å²) in [5.74, 6) is 1.71. The second kappa shape index (κ2) is 7.83. The summed E-state index contributed by atoms with van der Waals surface area (Å²) in [6.45, 7) is 4.59. The van der Waals surface area contributed by atoms with Crippen LogP contribution in [0, 0.1) is 6.92 Å². The van der Waals surface area contributed by atoms with Crippen LogP contribution < -0.4 is 5.32 Å². The number of aryl methyl sites for hydroxylation is 1. The number of hydrogen-bond donors (Lipinski definition) is 1. The van der Waals surface area contributed by atoms with E-state index < -0.39 is 0 Å². The molecule has 0 fully saturated rings. The van der Waals surface area contributed by atoms with Gasteiger partial charge >= 0.3 is 0 Å². The zero-order valence-electron chi connectivity index (χ0n) is 12.3. The lowest BCUT2D eigenvalue weighted by atomic mass is 10.2. The molecule has 1 aromatic carbocycles. The Labute approximate surface area is 128 Å². The molecule has 112 valence electrons. The van der Waals surface area contributed by atoms with Crippen molar-refractivity contribution in [2.24, 2.45) is 0 Å². The van der Waals surface area contributed by atoms with E-state index in [0.29, 0.717) is 29.6 Å². The average molecular weight is 305 g/mol. The summed E-state index contributed by atoms with van der Waals surface area (Å²) < 4.78 is 5.08. The van der Waals surface area contributed by atoms with Crippen molar-refractivity contribution in [3.63, 3.8) is 0 Å². The summed E-state index contributed by atoms with van der Waals surface area (Å²) in [5.41, 5.74) is 0.690.